The Labute approximate surface area is 296 Å². The van der Waals surface area contributed by atoms with Crippen LogP contribution in [0.15, 0.2) is 30.3 Å². The predicted molar refractivity (Wildman–Crippen MR) is 191 cm³/mol. The highest BCUT2D eigenvalue weighted by Gasteiger charge is 2.47. The van der Waals surface area contributed by atoms with E-state index < -0.39 is 36.0 Å². The molecule has 2 heterocycles. The molecule has 3 rings (SSSR count). The lowest BCUT2D eigenvalue weighted by Crippen LogP contribution is -2.63. The summed E-state index contributed by atoms with van der Waals surface area (Å²) in [7, 11) is 0. The zero-order chi connectivity index (χ0) is 37.9. The standard InChI is InChI=1S/C30H48N6O4.2C3H6O2/c1-21(2)17-26(34-27(38)24(32)18-23-9-5-4-6-10-23)28(39)33-25(11-7-8-14-31)29(40)35-15-12-30(13-16-35)19-36(20-30)22(3)37;2*1-2-3(4)5/h4-6,9-10,21,24-26H,7-8,11-20,31-32H2,1-3H3,(H,33,39)(H,34,38);2*2H2,1H3,(H,4,5)/t24-,25-,26-;;/m1../s1. The molecule has 0 bridgehead atoms. The first kappa shape index (κ1) is 44.0. The molecule has 2 aliphatic rings. The SMILES string of the molecule is CC(=O)N1CC2(CCN(C(=O)[C@@H](CCCCN)NC(=O)[C@@H](CC(C)C)NC(=O)[C@H](N)Cc3ccccc3)CC2)C1.CCC(=O)O.CCC(=O)O. The Bertz CT molecular complexity index is 1210. The number of nitrogens with one attached hydrogen (secondary N) is 2. The number of hydrogen-bond donors (Lipinski definition) is 6. The van der Waals surface area contributed by atoms with Crippen molar-refractivity contribution in [3.05, 3.63) is 35.9 Å². The molecule has 4 amide bonds. The van der Waals surface area contributed by atoms with E-state index >= 15 is 0 Å². The lowest BCUT2D eigenvalue weighted by Gasteiger charge is -2.54. The Morgan fingerprint density at radius 1 is 0.840 bits per heavy atom. The van der Waals surface area contributed by atoms with Crippen LogP contribution in [-0.2, 0) is 35.2 Å². The zero-order valence-corrected chi connectivity index (χ0v) is 30.5. The fourth-order valence-corrected chi connectivity index (χ4v) is 5.69. The normalized spacial score (nSPS) is 16.3. The number of amides is 4. The van der Waals surface area contributed by atoms with Crippen LogP contribution >= 0.6 is 0 Å². The van der Waals surface area contributed by atoms with Crippen molar-refractivity contribution in [3.63, 3.8) is 0 Å². The summed E-state index contributed by atoms with van der Waals surface area (Å²) < 4.78 is 0. The largest absolute Gasteiger partial charge is 0.481 e. The minimum atomic E-state index is -0.795. The molecule has 0 radical (unpaired) electrons. The van der Waals surface area contributed by atoms with Crippen LogP contribution in [0.4, 0.5) is 0 Å². The van der Waals surface area contributed by atoms with Crippen LogP contribution in [0.3, 0.4) is 0 Å². The molecule has 0 unspecified atom stereocenters. The number of carbonyl (C=O) groups excluding carboxylic acids is 4. The molecule has 14 heteroatoms. The first-order chi connectivity index (χ1) is 23.6. The van der Waals surface area contributed by atoms with E-state index in [0.717, 1.165) is 37.9 Å². The summed E-state index contributed by atoms with van der Waals surface area (Å²) >= 11 is 0. The van der Waals surface area contributed by atoms with Crippen LogP contribution in [0.5, 0.6) is 0 Å². The van der Waals surface area contributed by atoms with Crippen molar-refractivity contribution >= 4 is 35.6 Å². The van der Waals surface area contributed by atoms with Gasteiger partial charge in [-0.15, -0.1) is 0 Å². The Morgan fingerprint density at radius 2 is 1.36 bits per heavy atom. The number of nitrogens with zero attached hydrogens (tertiary/aromatic N) is 2. The third kappa shape index (κ3) is 16.1. The summed E-state index contributed by atoms with van der Waals surface area (Å²) in [4.78, 5) is 74.1. The van der Waals surface area contributed by atoms with Crippen LogP contribution < -0.4 is 22.1 Å². The average Bonchev–Trinajstić information content (AvgIpc) is 3.06. The molecule has 14 nitrogen and oxygen atoms in total. The minimum absolute atomic E-state index is 0.0934. The number of rotatable bonds is 15. The van der Waals surface area contributed by atoms with E-state index in [9.17, 15) is 28.8 Å². The van der Waals surface area contributed by atoms with E-state index in [1.807, 2.05) is 54.0 Å². The van der Waals surface area contributed by atoms with Gasteiger partial charge in [-0.1, -0.05) is 58.0 Å². The summed E-state index contributed by atoms with van der Waals surface area (Å²) in [5.74, 6) is -2.12. The third-order valence-corrected chi connectivity index (χ3v) is 8.78. The molecule has 1 aromatic rings. The molecule has 3 atom stereocenters. The van der Waals surface area contributed by atoms with Gasteiger partial charge in [0.15, 0.2) is 0 Å². The second-order valence-corrected chi connectivity index (χ2v) is 13.5. The second-order valence-electron chi connectivity index (χ2n) is 13.5. The summed E-state index contributed by atoms with van der Waals surface area (Å²) in [6, 6.07) is 7.24. The van der Waals surface area contributed by atoms with E-state index in [1.54, 1.807) is 20.8 Å². The molecule has 1 spiro atoms. The molecule has 0 aromatic heterocycles. The minimum Gasteiger partial charge on any atom is -0.481 e. The topological polar surface area (TPSA) is 225 Å². The van der Waals surface area contributed by atoms with Gasteiger partial charge in [0.05, 0.1) is 6.04 Å². The molecular formula is C36H60N6O8. The molecule has 282 valence electrons. The summed E-state index contributed by atoms with van der Waals surface area (Å²) in [6.07, 6.45) is 4.87. The Kier molecular flexibility index (Phi) is 19.9. The van der Waals surface area contributed by atoms with Crippen LogP contribution in [-0.4, -0.2) is 106 Å². The number of unbranched alkanes of at least 4 members (excludes halogenated alkanes) is 1. The molecule has 50 heavy (non-hydrogen) atoms. The van der Waals surface area contributed by atoms with Gasteiger partial charge >= 0.3 is 11.9 Å². The smallest absolute Gasteiger partial charge is 0.303 e. The van der Waals surface area contributed by atoms with Crippen molar-refractivity contribution in [2.75, 3.05) is 32.7 Å². The number of carboxylic acids is 2. The highest BCUT2D eigenvalue weighted by Crippen LogP contribution is 2.40. The maximum absolute atomic E-state index is 13.6. The van der Waals surface area contributed by atoms with Crippen molar-refractivity contribution < 1.29 is 39.0 Å². The highest BCUT2D eigenvalue weighted by atomic mass is 16.4. The monoisotopic (exact) mass is 704 g/mol. The number of carboxylic acid groups (broad SMARTS) is 2. The average molecular weight is 705 g/mol. The summed E-state index contributed by atoms with van der Waals surface area (Å²) in [5, 5.41) is 21.3. The number of likely N-dealkylation sites (tertiary alicyclic amines) is 2. The number of benzene rings is 1. The Hall–Kier alpha value is -4.04. The number of hydrogen-bond acceptors (Lipinski definition) is 8. The third-order valence-electron chi connectivity index (χ3n) is 8.78. The van der Waals surface area contributed by atoms with Crippen molar-refractivity contribution in [2.45, 2.75) is 111 Å². The van der Waals surface area contributed by atoms with Crippen LogP contribution in [0.25, 0.3) is 0 Å². The van der Waals surface area contributed by atoms with Crippen LogP contribution in [0.2, 0.25) is 0 Å². The van der Waals surface area contributed by atoms with Crippen molar-refractivity contribution in [3.8, 4) is 0 Å². The molecule has 2 fully saturated rings. The molecule has 1 aromatic carbocycles. The molecule has 0 aliphatic carbocycles. The van der Waals surface area contributed by atoms with E-state index in [2.05, 4.69) is 10.6 Å². The van der Waals surface area contributed by atoms with E-state index in [4.69, 9.17) is 21.7 Å². The van der Waals surface area contributed by atoms with E-state index in [-0.39, 0.29) is 41.9 Å². The zero-order valence-electron chi connectivity index (χ0n) is 30.5. The number of piperidine rings is 1. The van der Waals surface area contributed by atoms with Gasteiger partial charge in [-0.05, 0) is 63.0 Å². The van der Waals surface area contributed by atoms with Gasteiger partial charge in [0.1, 0.15) is 12.1 Å². The van der Waals surface area contributed by atoms with Gasteiger partial charge in [-0.3, -0.25) is 28.8 Å². The molecule has 2 saturated heterocycles. The van der Waals surface area contributed by atoms with Gasteiger partial charge in [0, 0.05) is 51.4 Å². The summed E-state index contributed by atoms with van der Waals surface area (Å²) in [5.41, 5.74) is 12.9. The number of aliphatic carboxylic acids is 2. The molecule has 0 saturated carbocycles. The maximum atomic E-state index is 13.6. The highest BCUT2D eigenvalue weighted by molar-refractivity contribution is 5.93. The molecule has 8 N–H and O–H groups in total. The lowest BCUT2D eigenvalue weighted by molar-refractivity contribution is -0.149. The van der Waals surface area contributed by atoms with Crippen molar-refractivity contribution in [1.82, 2.24) is 20.4 Å². The van der Waals surface area contributed by atoms with Crippen molar-refractivity contribution in [1.29, 1.82) is 0 Å². The quantitative estimate of drug-likeness (QED) is 0.146. The molecular weight excluding hydrogens is 644 g/mol. The first-order valence-corrected chi connectivity index (χ1v) is 17.7. The van der Waals surface area contributed by atoms with E-state index in [0.29, 0.717) is 45.3 Å². The Balaban J connectivity index is 0.00000109. The number of carbonyl (C=O) groups is 6. The maximum Gasteiger partial charge on any atom is 0.303 e. The van der Waals surface area contributed by atoms with Crippen molar-refractivity contribution in [2.24, 2.45) is 22.8 Å². The van der Waals surface area contributed by atoms with Gasteiger partial charge in [-0.2, -0.15) is 0 Å². The number of nitrogens with two attached hydrogens (primary N) is 2. The second kappa shape index (κ2) is 22.6. The predicted octanol–water partition coefficient (Wildman–Crippen LogP) is 2.13. The Morgan fingerprint density at radius 3 is 1.82 bits per heavy atom. The van der Waals surface area contributed by atoms with Gasteiger partial charge in [-0.25, -0.2) is 0 Å². The van der Waals surface area contributed by atoms with Gasteiger partial charge in [0.2, 0.25) is 23.6 Å². The van der Waals surface area contributed by atoms with Gasteiger partial charge < -0.3 is 42.1 Å². The lowest BCUT2D eigenvalue weighted by atomic mass is 9.72. The van der Waals surface area contributed by atoms with Gasteiger partial charge in [0.25, 0.3) is 0 Å². The fraction of sp³-hybridized carbons (Fsp3) is 0.667. The fourth-order valence-electron chi connectivity index (χ4n) is 5.69. The van der Waals surface area contributed by atoms with Crippen LogP contribution in [0, 0.1) is 11.3 Å². The first-order valence-electron chi connectivity index (χ1n) is 17.7. The summed E-state index contributed by atoms with van der Waals surface area (Å²) in [6.45, 7) is 12.0. The van der Waals surface area contributed by atoms with Crippen LogP contribution in [0.1, 0.15) is 91.5 Å². The van der Waals surface area contributed by atoms with E-state index in [1.165, 1.54) is 0 Å². The molecule has 2 aliphatic heterocycles.